The van der Waals surface area contributed by atoms with E-state index in [0.29, 0.717) is 12.8 Å². The van der Waals surface area contributed by atoms with E-state index >= 15 is 0 Å². The Morgan fingerprint density at radius 3 is 2.74 bits per heavy atom. The van der Waals surface area contributed by atoms with E-state index in [9.17, 15) is 9.90 Å². The molecule has 0 bridgehead atoms. The minimum absolute atomic E-state index is 0.527. The molecule has 106 valence electrons. The number of imidazole rings is 1. The van der Waals surface area contributed by atoms with Gasteiger partial charge in [-0.2, -0.15) is 0 Å². The van der Waals surface area contributed by atoms with Gasteiger partial charge in [0, 0.05) is 39.5 Å². The molecule has 2 heterocycles. The summed E-state index contributed by atoms with van der Waals surface area (Å²) in [5.74, 6) is -0.853. The number of hydrogen-bond acceptors (Lipinski definition) is 4. The maximum atomic E-state index is 11.3. The molecule has 19 heavy (non-hydrogen) atoms. The van der Waals surface area contributed by atoms with Crippen molar-refractivity contribution < 1.29 is 14.6 Å². The number of likely N-dealkylation sites (tertiary alicyclic amines) is 1. The van der Waals surface area contributed by atoms with Crippen LogP contribution in [-0.4, -0.2) is 51.3 Å². The number of aliphatic carboxylic acids is 1. The van der Waals surface area contributed by atoms with Crippen molar-refractivity contribution in [3.05, 3.63) is 18.2 Å². The zero-order chi connectivity index (χ0) is 13.9. The smallest absolute Gasteiger partial charge is 0.336 e. The summed E-state index contributed by atoms with van der Waals surface area (Å²) in [6, 6.07) is 0. The van der Waals surface area contributed by atoms with E-state index in [0.717, 1.165) is 26.2 Å². The van der Waals surface area contributed by atoms with E-state index < -0.39 is 11.6 Å². The molecule has 0 atom stereocenters. The first kappa shape index (κ1) is 14.0. The summed E-state index contributed by atoms with van der Waals surface area (Å²) >= 11 is 0. The fourth-order valence-corrected chi connectivity index (χ4v) is 2.57. The fraction of sp³-hybridized carbons (Fsp3) is 0.692. The number of ether oxygens (including phenoxy) is 1. The molecule has 0 unspecified atom stereocenters. The molecule has 2 rings (SSSR count). The first-order valence-corrected chi connectivity index (χ1v) is 6.61. The second kappa shape index (κ2) is 5.71. The number of rotatable bonds is 5. The number of nitrogens with zero attached hydrogens (tertiary/aromatic N) is 3. The van der Waals surface area contributed by atoms with E-state index in [1.807, 2.05) is 12.5 Å². The molecule has 1 aromatic heterocycles. The van der Waals surface area contributed by atoms with Crippen molar-refractivity contribution in [2.45, 2.75) is 38.5 Å². The van der Waals surface area contributed by atoms with E-state index in [-0.39, 0.29) is 0 Å². The lowest BCUT2D eigenvalue weighted by molar-refractivity contribution is -0.168. The van der Waals surface area contributed by atoms with Crippen LogP contribution in [-0.2, 0) is 22.6 Å². The molecule has 0 saturated carbocycles. The third-order valence-corrected chi connectivity index (χ3v) is 3.97. The highest BCUT2D eigenvalue weighted by atomic mass is 16.5. The number of carboxylic acids is 1. The summed E-state index contributed by atoms with van der Waals surface area (Å²) in [5, 5.41) is 9.26. The number of methoxy groups -OCH3 is 1. The van der Waals surface area contributed by atoms with Gasteiger partial charge in [0.2, 0.25) is 0 Å². The number of carbonyl (C=O) groups is 1. The maximum Gasteiger partial charge on any atom is 0.336 e. The zero-order valence-electron chi connectivity index (χ0n) is 11.5. The van der Waals surface area contributed by atoms with Crippen LogP contribution in [0.15, 0.2) is 12.5 Å². The number of aromatic nitrogens is 2. The summed E-state index contributed by atoms with van der Waals surface area (Å²) in [7, 11) is 1.48. The predicted octanol–water partition coefficient (Wildman–Crippen LogP) is 0.969. The minimum atomic E-state index is -0.999. The lowest BCUT2D eigenvalue weighted by atomic mass is 9.91. The molecule has 1 aromatic rings. The lowest BCUT2D eigenvalue weighted by Crippen LogP contribution is -2.50. The first-order valence-electron chi connectivity index (χ1n) is 6.61. The van der Waals surface area contributed by atoms with E-state index in [4.69, 9.17) is 4.74 Å². The van der Waals surface area contributed by atoms with Crippen LogP contribution < -0.4 is 0 Å². The van der Waals surface area contributed by atoms with Crippen LogP contribution in [0, 0.1) is 0 Å². The van der Waals surface area contributed by atoms with Gasteiger partial charge < -0.3 is 14.4 Å². The lowest BCUT2D eigenvalue weighted by Gasteiger charge is -2.37. The molecule has 0 aromatic carbocycles. The molecule has 0 spiro atoms. The molecule has 0 radical (unpaired) electrons. The molecule has 0 aliphatic carbocycles. The van der Waals surface area contributed by atoms with Crippen LogP contribution in [0.25, 0.3) is 0 Å². The molecular weight excluding hydrogens is 246 g/mol. The van der Waals surface area contributed by atoms with Gasteiger partial charge in [0.05, 0.1) is 12.0 Å². The zero-order valence-corrected chi connectivity index (χ0v) is 11.5. The third kappa shape index (κ3) is 2.79. The van der Waals surface area contributed by atoms with E-state index in [2.05, 4.69) is 21.4 Å². The van der Waals surface area contributed by atoms with Crippen LogP contribution in [0.4, 0.5) is 0 Å². The Morgan fingerprint density at radius 2 is 2.21 bits per heavy atom. The molecular formula is C13H21N3O3. The van der Waals surface area contributed by atoms with Crippen molar-refractivity contribution in [2.24, 2.45) is 0 Å². The normalized spacial score (nSPS) is 19.5. The Morgan fingerprint density at radius 1 is 1.53 bits per heavy atom. The maximum absolute atomic E-state index is 11.3. The SMILES string of the molecule is CCn1cncc1CN1CCC(OC)(C(=O)O)CC1. The summed E-state index contributed by atoms with van der Waals surface area (Å²) in [5.41, 5.74) is 0.171. The van der Waals surface area contributed by atoms with Crippen molar-refractivity contribution >= 4 is 5.97 Å². The number of hydrogen-bond donors (Lipinski definition) is 1. The highest BCUT2D eigenvalue weighted by Crippen LogP contribution is 2.26. The van der Waals surface area contributed by atoms with Crippen molar-refractivity contribution in [3.8, 4) is 0 Å². The Bertz CT molecular complexity index is 436. The quantitative estimate of drug-likeness (QED) is 0.861. The first-order chi connectivity index (χ1) is 9.11. The van der Waals surface area contributed by atoms with Crippen LogP contribution in [0.3, 0.4) is 0 Å². The van der Waals surface area contributed by atoms with Crippen molar-refractivity contribution in [1.29, 1.82) is 0 Å². The monoisotopic (exact) mass is 267 g/mol. The van der Waals surface area contributed by atoms with Crippen molar-refractivity contribution in [1.82, 2.24) is 14.5 Å². The average Bonchev–Trinajstić information content (AvgIpc) is 2.87. The molecule has 6 heteroatoms. The van der Waals surface area contributed by atoms with E-state index in [1.54, 1.807) is 0 Å². The Balaban J connectivity index is 1.95. The van der Waals surface area contributed by atoms with Gasteiger partial charge in [0.1, 0.15) is 0 Å². The van der Waals surface area contributed by atoms with Gasteiger partial charge in [-0.05, 0) is 19.8 Å². The summed E-state index contributed by atoms with van der Waals surface area (Å²) in [6.07, 6.45) is 4.76. The predicted molar refractivity (Wildman–Crippen MR) is 69.8 cm³/mol. The van der Waals surface area contributed by atoms with Crippen molar-refractivity contribution in [2.75, 3.05) is 20.2 Å². The second-order valence-corrected chi connectivity index (χ2v) is 4.95. The van der Waals surface area contributed by atoms with Gasteiger partial charge in [0.15, 0.2) is 5.60 Å². The molecule has 1 aliphatic heterocycles. The fourth-order valence-electron chi connectivity index (χ4n) is 2.57. The number of aryl methyl sites for hydroxylation is 1. The summed E-state index contributed by atoms with van der Waals surface area (Å²) in [4.78, 5) is 17.7. The van der Waals surface area contributed by atoms with Gasteiger partial charge in [-0.25, -0.2) is 9.78 Å². The largest absolute Gasteiger partial charge is 0.479 e. The minimum Gasteiger partial charge on any atom is -0.479 e. The molecule has 0 amide bonds. The summed E-state index contributed by atoms with van der Waals surface area (Å²) < 4.78 is 7.33. The van der Waals surface area contributed by atoms with Gasteiger partial charge in [-0.1, -0.05) is 0 Å². The van der Waals surface area contributed by atoms with Crippen LogP contribution in [0.2, 0.25) is 0 Å². The molecule has 1 aliphatic rings. The molecule has 6 nitrogen and oxygen atoms in total. The number of carboxylic acid groups (broad SMARTS) is 1. The third-order valence-electron chi connectivity index (χ3n) is 3.97. The van der Waals surface area contributed by atoms with Crippen molar-refractivity contribution in [3.63, 3.8) is 0 Å². The van der Waals surface area contributed by atoms with Crippen LogP contribution in [0.5, 0.6) is 0 Å². The van der Waals surface area contributed by atoms with Gasteiger partial charge in [0.25, 0.3) is 0 Å². The standard InChI is InChI=1S/C13H21N3O3/c1-3-16-10-14-8-11(16)9-15-6-4-13(19-2,5-7-15)12(17)18/h8,10H,3-7,9H2,1-2H3,(H,17,18). The van der Waals surface area contributed by atoms with Gasteiger partial charge in [-0.3, -0.25) is 4.90 Å². The highest BCUT2D eigenvalue weighted by Gasteiger charge is 2.41. The second-order valence-electron chi connectivity index (χ2n) is 4.95. The number of piperidine rings is 1. The Kier molecular flexibility index (Phi) is 4.21. The van der Waals surface area contributed by atoms with E-state index in [1.165, 1.54) is 12.8 Å². The van der Waals surface area contributed by atoms with Gasteiger partial charge >= 0.3 is 5.97 Å². The molecule has 1 fully saturated rings. The molecule has 1 saturated heterocycles. The Labute approximate surface area is 113 Å². The highest BCUT2D eigenvalue weighted by molar-refractivity contribution is 5.77. The topological polar surface area (TPSA) is 67.6 Å². The summed E-state index contributed by atoms with van der Waals surface area (Å²) in [6.45, 7) is 5.26. The van der Waals surface area contributed by atoms with Crippen LogP contribution in [0.1, 0.15) is 25.5 Å². The van der Waals surface area contributed by atoms with Crippen LogP contribution >= 0.6 is 0 Å². The Hall–Kier alpha value is -1.40. The average molecular weight is 267 g/mol. The molecule has 1 N–H and O–H groups in total. The van der Waals surface area contributed by atoms with Gasteiger partial charge in [-0.15, -0.1) is 0 Å².